The SMILES string of the molecule is Cc1cnccc1CNCC1Cc2cc(Br)ccc2O1. The summed E-state index contributed by atoms with van der Waals surface area (Å²) in [7, 11) is 0. The summed E-state index contributed by atoms with van der Waals surface area (Å²) in [5.74, 6) is 1.01. The molecule has 0 amide bonds. The Morgan fingerprint density at radius 1 is 1.40 bits per heavy atom. The van der Waals surface area contributed by atoms with E-state index in [1.165, 1.54) is 16.7 Å². The summed E-state index contributed by atoms with van der Waals surface area (Å²) in [6.07, 6.45) is 4.93. The van der Waals surface area contributed by atoms with E-state index in [0.717, 1.165) is 29.7 Å². The smallest absolute Gasteiger partial charge is 0.123 e. The number of rotatable bonds is 4. The Morgan fingerprint density at radius 3 is 3.15 bits per heavy atom. The number of hydrogen-bond donors (Lipinski definition) is 1. The molecule has 3 nitrogen and oxygen atoms in total. The number of benzene rings is 1. The zero-order chi connectivity index (χ0) is 13.9. The van der Waals surface area contributed by atoms with Gasteiger partial charge in [0.05, 0.1) is 0 Å². The highest BCUT2D eigenvalue weighted by atomic mass is 79.9. The molecule has 20 heavy (non-hydrogen) atoms. The van der Waals surface area contributed by atoms with Crippen molar-refractivity contribution in [2.75, 3.05) is 6.54 Å². The number of nitrogens with zero attached hydrogens (tertiary/aromatic N) is 1. The van der Waals surface area contributed by atoms with Gasteiger partial charge in [0.25, 0.3) is 0 Å². The molecule has 0 aliphatic carbocycles. The first-order valence-corrected chi connectivity index (χ1v) is 7.57. The molecule has 3 rings (SSSR count). The quantitative estimate of drug-likeness (QED) is 0.933. The molecule has 0 saturated carbocycles. The molecule has 1 aromatic heterocycles. The van der Waals surface area contributed by atoms with Gasteiger partial charge in [-0.05, 0) is 47.9 Å². The Morgan fingerprint density at radius 2 is 2.30 bits per heavy atom. The maximum atomic E-state index is 5.93. The predicted molar refractivity (Wildman–Crippen MR) is 82.9 cm³/mol. The van der Waals surface area contributed by atoms with Gasteiger partial charge < -0.3 is 10.1 Å². The summed E-state index contributed by atoms with van der Waals surface area (Å²) in [5.41, 5.74) is 3.80. The number of aryl methyl sites for hydroxylation is 1. The van der Waals surface area contributed by atoms with E-state index in [9.17, 15) is 0 Å². The van der Waals surface area contributed by atoms with Crippen molar-refractivity contribution in [3.8, 4) is 5.75 Å². The third kappa shape index (κ3) is 3.02. The molecule has 0 spiro atoms. The molecule has 0 fully saturated rings. The monoisotopic (exact) mass is 332 g/mol. The number of fused-ring (bicyclic) bond motifs is 1. The van der Waals surface area contributed by atoms with Crippen molar-refractivity contribution in [1.29, 1.82) is 0 Å². The number of pyridine rings is 1. The van der Waals surface area contributed by atoms with Gasteiger partial charge in [-0.2, -0.15) is 0 Å². The largest absolute Gasteiger partial charge is 0.488 e. The van der Waals surface area contributed by atoms with Gasteiger partial charge in [0.2, 0.25) is 0 Å². The van der Waals surface area contributed by atoms with E-state index in [0.29, 0.717) is 0 Å². The highest BCUT2D eigenvalue weighted by molar-refractivity contribution is 9.10. The number of nitrogens with one attached hydrogen (secondary N) is 1. The highest BCUT2D eigenvalue weighted by Crippen LogP contribution is 2.30. The number of ether oxygens (including phenoxy) is 1. The van der Waals surface area contributed by atoms with E-state index in [1.54, 1.807) is 0 Å². The van der Waals surface area contributed by atoms with Gasteiger partial charge in [0.1, 0.15) is 11.9 Å². The van der Waals surface area contributed by atoms with Crippen LogP contribution < -0.4 is 10.1 Å². The van der Waals surface area contributed by atoms with Crippen LogP contribution in [0.3, 0.4) is 0 Å². The summed E-state index contributed by atoms with van der Waals surface area (Å²) < 4.78 is 7.05. The lowest BCUT2D eigenvalue weighted by Crippen LogP contribution is -2.29. The predicted octanol–water partition coefficient (Wildman–Crippen LogP) is 3.25. The molecule has 2 aromatic rings. The first kappa shape index (κ1) is 13.6. The molecular formula is C16H17BrN2O. The zero-order valence-electron chi connectivity index (χ0n) is 11.4. The molecule has 1 aliphatic rings. The average molecular weight is 333 g/mol. The van der Waals surface area contributed by atoms with Crippen LogP contribution in [0.25, 0.3) is 0 Å². The Hall–Kier alpha value is -1.39. The van der Waals surface area contributed by atoms with E-state index in [-0.39, 0.29) is 6.10 Å². The van der Waals surface area contributed by atoms with Crippen molar-refractivity contribution in [2.45, 2.75) is 26.0 Å². The molecule has 1 unspecified atom stereocenters. The second-order valence-electron chi connectivity index (χ2n) is 5.13. The van der Waals surface area contributed by atoms with Crippen molar-refractivity contribution in [1.82, 2.24) is 10.3 Å². The van der Waals surface area contributed by atoms with Crippen molar-refractivity contribution in [3.63, 3.8) is 0 Å². The minimum Gasteiger partial charge on any atom is -0.488 e. The molecule has 104 valence electrons. The van der Waals surface area contributed by atoms with Crippen LogP contribution in [0.1, 0.15) is 16.7 Å². The van der Waals surface area contributed by atoms with Crippen LogP contribution in [0.2, 0.25) is 0 Å². The molecule has 4 heteroatoms. The molecule has 1 atom stereocenters. The highest BCUT2D eigenvalue weighted by Gasteiger charge is 2.22. The fourth-order valence-corrected chi connectivity index (χ4v) is 2.88. The molecule has 1 aromatic carbocycles. The standard InChI is InChI=1S/C16H17BrN2O/c1-11-8-18-5-4-12(11)9-19-10-15-7-13-6-14(17)2-3-16(13)20-15/h2-6,8,15,19H,7,9-10H2,1H3. The Balaban J connectivity index is 1.53. The lowest BCUT2D eigenvalue weighted by atomic mass is 10.1. The maximum absolute atomic E-state index is 5.93. The third-order valence-corrected chi connectivity index (χ3v) is 4.08. The van der Waals surface area contributed by atoms with Gasteiger partial charge in [-0.15, -0.1) is 0 Å². The van der Waals surface area contributed by atoms with Crippen LogP contribution in [0.5, 0.6) is 5.75 Å². The van der Waals surface area contributed by atoms with Gasteiger partial charge in [0, 0.05) is 36.4 Å². The van der Waals surface area contributed by atoms with Crippen LogP contribution in [0.4, 0.5) is 0 Å². The van der Waals surface area contributed by atoms with E-state index < -0.39 is 0 Å². The molecule has 1 N–H and O–H groups in total. The van der Waals surface area contributed by atoms with Gasteiger partial charge >= 0.3 is 0 Å². The van der Waals surface area contributed by atoms with Crippen LogP contribution in [0.15, 0.2) is 41.1 Å². The molecule has 1 aliphatic heterocycles. The minimum absolute atomic E-state index is 0.224. The van der Waals surface area contributed by atoms with Crippen LogP contribution in [-0.2, 0) is 13.0 Å². The topological polar surface area (TPSA) is 34.2 Å². The van der Waals surface area contributed by atoms with E-state index in [2.05, 4.69) is 45.3 Å². The Kier molecular flexibility index (Phi) is 4.03. The molecular weight excluding hydrogens is 316 g/mol. The molecule has 0 saturated heterocycles. The summed E-state index contributed by atoms with van der Waals surface area (Å²) in [6, 6.07) is 8.26. The number of hydrogen-bond acceptors (Lipinski definition) is 3. The third-order valence-electron chi connectivity index (χ3n) is 3.59. The normalized spacial score (nSPS) is 16.8. The van der Waals surface area contributed by atoms with E-state index in [4.69, 9.17) is 4.74 Å². The molecule has 2 heterocycles. The van der Waals surface area contributed by atoms with Gasteiger partial charge in [-0.3, -0.25) is 4.98 Å². The number of halogens is 1. The van der Waals surface area contributed by atoms with Gasteiger partial charge in [0.15, 0.2) is 0 Å². The Labute approximate surface area is 127 Å². The van der Waals surface area contributed by atoms with E-state index in [1.807, 2.05) is 24.5 Å². The second-order valence-corrected chi connectivity index (χ2v) is 6.04. The first-order valence-electron chi connectivity index (χ1n) is 6.77. The van der Waals surface area contributed by atoms with Crippen LogP contribution in [0, 0.1) is 6.92 Å². The van der Waals surface area contributed by atoms with Crippen molar-refractivity contribution >= 4 is 15.9 Å². The maximum Gasteiger partial charge on any atom is 0.123 e. The minimum atomic E-state index is 0.224. The van der Waals surface area contributed by atoms with E-state index >= 15 is 0 Å². The average Bonchev–Trinajstić information content (AvgIpc) is 2.83. The summed E-state index contributed by atoms with van der Waals surface area (Å²) in [5, 5.41) is 3.47. The van der Waals surface area contributed by atoms with Crippen molar-refractivity contribution < 1.29 is 4.74 Å². The van der Waals surface area contributed by atoms with Gasteiger partial charge in [-0.25, -0.2) is 0 Å². The van der Waals surface area contributed by atoms with Crippen LogP contribution >= 0.6 is 15.9 Å². The fourth-order valence-electron chi connectivity index (χ4n) is 2.47. The van der Waals surface area contributed by atoms with Crippen LogP contribution in [-0.4, -0.2) is 17.6 Å². The Bertz CT molecular complexity index is 615. The summed E-state index contributed by atoms with van der Waals surface area (Å²) >= 11 is 3.50. The summed E-state index contributed by atoms with van der Waals surface area (Å²) in [4.78, 5) is 4.11. The van der Waals surface area contributed by atoms with Gasteiger partial charge in [-0.1, -0.05) is 15.9 Å². The lowest BCUT2D eigenvalue weighted by molar-refractivity contribution is 0.227. The van der Waals surface area contributed by atoms with Crippen molar-refractivity contribution in [2.24, 2.45) is 0 Å². The first-order chi connectivity index (χ1) is 9.72. The molecule has 0 radical (unpaired) electrons. The zero-order valence-corrected chi connectivity index (χ0v) is 13.0. The second kappa shape index (κ2) is 5.94. The lowest BCUT2D eigenvalue weighted by Gasteiger charge is -2.12. The molecule has 0 bridgehead atoms. The summed E-state index contributed by atoms with van der Waals surface area (Å²) in [6.45, 7) is 3.80. The fraction of sp³-hybridized carbons (Fsp3) is 0.312. The van der Waals surface area contributed by atoms with Crippen molar-refractivity contribution in [3.05, 3.63) is 57.8 Å². The number of aromatic nitrogens is 1.